The third-order valence-electron chi connectivity index (χ3n) is 4.51. The summed E-state index contributed by atoms with van der Waals surface area (Å²) in [5.74, 6) is -0.0279. The molecule has 1 aliphatic rings. The van der Waals surface area contributed by atoms with Gasteiger partial charge in [-0.1, -0.05) is 30.3 Å². The zero-order chi connectivity index (χ0) is 17.5. The maximum Gasteiger partial charge on any atom is 0.223 e. The standard InChI is InChI=1S/C20H24FN3O/c21-18-6-8-19(9-7-18)23-12-14-24(15-13-23)20(25)10-11-22-16-17-4-2-1-3-5-17/h1-9,22H,10-16H2. The van der Waals surface area contributed by atoms with Gasteiger partial charge in [-0.25, -0.2) is 4.39 Å². The summed E-state index contributed by atoms with van der Waals surface area (Å²) in [5.41, 5.74) is 2.24. The molecule has 4 nitrogen and oxygen atoms in total. The molecule has 0 radical (unpaired) electrons. The average molecular weight is 341 g/mol. The molecule has 1 aliphatic heterocycles. The minimum atomic E-state index is -0.222. The Morgan fingerprint density at radius 2 is 1.64 bits per heavy atom. The predicted octanol–water partition coefficient (Wildman–Crippen LogP) is 2.65. The molecule has 3 rings (SSSR count). The van der Waals surface area contributed by atoms with Gasteiger partial charge in [-0.15, -0.1) is 0 Å². The van der Waals surface area contributed by atoms with Crippen molar-refractivity contribution in [3.8, 4) is 0 Å². The van der Waals surface area contributed by atoms with Crippen LogP contribution in [-0.4, -0.2) is 43.5 Å². The van der Waals surface area contributed by atoms with Crippen LogP contribution in [0.5, 0.6) is 0 Å². The van der Waals surface area contributed by atoms with Gasteiger partial charge >= 0.3 is 0 Å². The summed E-state index contributed by atoms with van der Waals surface area (Å²) in [6.07, 6.45) is 0.517. The summed E-state index contributed by atoms with van der Waals surface area (Å²) < 4.78 is 13.0. The first-order chi connectivity index (χ1) is 12.2. The first-order valence-electron chi connectivity index (χ1n) is 8.75. The molecule has 5 heteroatoms. The Morgan fingerprint density at radius 3 is 2.32 bits per heavy atom. The molecule has 0 spiro atoms. The van der Waals surface area contributed by atoms with E-state index in [2.05, 4.69) is 22.3 Å². The summed E-state index contributed by atoms with van der Waals surface area (Å²) in [5, 5.41) is 3.32. The van der Waals surface area contributed by atoms with E-state index in [1.807, 2.05) is 23.1 Å². The van der Waals surface area contributed by atoms with Crippen molar-refractivity contribution in [3.63, 3.8) is 0 Å². The number of rotatable bonds is 6. The summed E-state index contributed by atoms with van der Waals surface area (Å²) in [6, 6.07) is 16.7. The van der Waals surface area contributed by atoms with Crippen molar-refractivity contribution in [3.05, 3.63) is 66.0 Å². The molecule has 0 atom stereocenters. The van der Waals surface area contributed by atoms with E-state index in [9.17, 15) is 9.18 Å². The van der Waals surface area contributed by atoms with Crippen molar-refractivity contribution in [1.82, 2.24) is 10.2 Å². The highest BCUT2D eigenvalue weighted by molar-refractivity contribution is 5.76. The molecule has 1 amide bonds. The summed E-state index contributed by atoms with van der Waals surface area (Å²) >= 11 is 0. The summed E-state index contributed by atoms with van der Waals surface area (Å²) in [7, 11) is 0. The van der Waals surface area contributed by atoms with E-state index in [1.54, 1.807) is 12.1 Å². The van der Waals surface area contributed by atoms with Gasteiger partial charge in [0.15, 0.2) is 0 Å². The molecule has 0 unspecified atom stereocenters. The van der Waals surface area contributed by atoms with Crippen LogP contribution in [-0.2, 0) is 11.3 Å². The number of hydrogen-bond acceptors (Lipinski definition) is 3. The molecule has 1 saturated heterocycles. The van der Waals surface area contributed by atoms with Crippen molar-refractivity contribution < 1.29 is 9.18 Å². The fourth-order valence-electron chi connectivity index (χ4n) is 3.05. The largest absolute Gasteiger partial charge is 0.368 e. The van der Waals surface area contributed by atoms with E-state index >= 15 is 0 Å². The fraction of sp³-hybridized carbons (Fsp3) is 0.350. The lowest BCUT2D eigenvalue weighted by Crippen LogP contribution is -2.49. The zero-order valence-corrected chi connectivity index (χ0v) is 14.3. The third kappa shape index (κ3) is 5.03. The van der Waals surface area contributed by atoms with Crippen molar-refractivity contribution >= 4 is 11.6 Å². The molecule has 0 aromatic heterocycles. The van der Waals surface area contributed by atoms with E-state index in [0.29, 0.717) is 13.0 Å². The third-order valence-corrected chi connectivity index (χ3v) is 4.51. The van der Waals surface area contributed by atoms with Crippen molar-refractivity contribution in [2.24, 2.45) is 0 Å². The molecular formula is C20H24FN3O. The SMILES string of the molecule is O=C(CCNCc1ccccc1)N1CCN(c2ccc(F)cc2)CC1. The van der Waals surface area contributed by atoms with Gasteiger partial charge in [0, 0.05) is 51.4 Å². The fourth-order valence-corrected chi connectivity index (χ4v) is 3.05. The Hall–Kier alpha value is -2.40. The second-order valence-electron chi connectivity index (χ2n) is 6.26. The topological polar surface area (TPSA) is 35.6 Å². The smallest absolute Gasteiger partial charge is 0.223 e. The molecule has 0 saturated carbocycles. The number of carbonyl (C=O) groups excluding carboxylic acids is 1. The minimum Gasteiger partial charge on any atom is -0.368 e. The molecule has 1 N–H and O–H groups in total. The zero-order valence-electron chi connectivity index (χ0n) is 14.3. The van der Waals surface area contributed by atoms with Crippen molar-refractivity contribution in [1.29, 1.82) is 0 Å². The Kier molecular flexibility index (Phi) is 6.01. The predicted molar refractivity (Wildman–Crippen MR) is 98.0 cm³/mol. The molecule has 0 bridgehead atoms. The Labute approximate surface area is 148 Å². The number of anilines is 1. The molecule has 1 fully saturated rings. The molecule has 2 aromatic rings. The summed E-state index contributed by atoms with van der Waals surface area (Å²) in [6.45, 7) is 4.48. The number of amides is 1. The molecule has 132 valence electrons. The molecule has 2 aromatic carbocycles. The second kappa shape index (κ2) is 8.62. The maximum absolute atomic E-state index is 13.0. The van der Waals surface area contributed by atoms with Gasteiger partial charge < -0.3 is 15.1 Å². The van der Waals surface area contributed by atoms with Crippen molar-refractivity contribution in [2.75, 3.05) is 37.6 Å². The lowest BCUT2D eigenvalue weighted by atomic mass is 10.2. The number of halogens is 1. The monoisotopic (exact) mass is 341 g/mol. The first kappa shape index (κ1) is 17.4. The maximum atomic E-state index is 13.0. The molecule has 1 heterocycles. The first-order valence-corrected chi connectivity index (χ1v) is 8.75. The second-order valence-corrected chi connectivity index (χ2v) is 6.26. The highest BCUT2D eigenvalue weighted by Crippen LogP contribution is 2.17. The number of piperazine rings is 1. The van der Waals surface area contributed by atoms with Gasteiger partial charge in [0.05, 0.1) is 0 Å². The minimum absolute atomic E-state index is 0.194. The van der Waals surface area contributed by atoms with Gasteiger partial charge in [0.1, 0.15) is 5.82 Å². The van der Waals surface area contributed by atoms with E-state index in [1.165, 1.54) is 17.7 Å². The quantitative estimate of drug-likeness (QED) is 0.821. The lowest BCUT2D eigenvalue weighted by Gasteiger charge is -2.36. The average Bonchev–Trinajstić information content (AvgIpc) is 2.67. The van der Waals surface area contributed by atoms with Crippen LogP contribution in [0.2, 0.25) is 0 Å². The number of nitrogens with one attached hydrogen (secondary N) is 1. The van der Waals surface area contributed by atoms with E-state index in [-0.39, 0.29) is 11.7 Å². The van der Waals surface area contributed by atoms with Crippen LogP contribution in [0.15, 0.2) is 54.6 Å². The Morgan fingerprint density at radius 1 is 0.960 bits per heavy atom. The van der Waals surface area contributed by atoms with Crippen LogP contribution in [0, 0.1) is 5.82 Å². The number of carbonyl (C=O) groups is 1. The van der Waals surface area contributed by atoms with Gasteiger partial charge in [-0.05, 0) is 29.8 Å². The van der Waals surface area contributed by atoms with E-state index in [0.717, 1.165) is 38.4 Å². The van der Waals surface area contributed by atoms with Crippen LogP contribution in [0.25, 0.3) is 0 Å². The highest BCUT2D eigenvalue weighted by Gasteiger charge is 2.20. The summed E-state index contributed by atoms with van der Waals surface area (Å²) in [4.78, 5) is 16.4. The Balaban J connectivity index is 1.37. The lowest BCUT2D eigenvalue weighted by molar-refractivity contribution is -0.131. The number of benzene rings is 2. The van der Waals surface area contributed by atoms with Crippen LogP contribution in [0.1, 0.15) is 12.0 Å². The van der Waals surface area contributed by atoms with E-state index in [4.69, 9.17) is 0 Å². The van der Waals surface area contributed by atoms with Gasteiger partial charge in [-0.3, -0.25) is 4.79 Å². The number of hydrogen-bond donors (Lipinski definition) is 1. The van der Waals surface area contributed by atoms with Crippen LogP contribution >= 0.6 is 0 Å². The van der Waals surface area contributed by atoms with E-state index < -0.39 is 0 Å². The van der Waals surface area contributed by atoms with Crippen LogP contribution in [0.3, 0.4) is 0 Å². The highest BCUT2D eigenvalue weighted by atomic mass is 19.1. The van der Waals surface area contributed by atoms with Gasteiger partial charge in [0.2, 0.25) is 5.91 Å². The molecule has 0 aliphatic carbocycles. The Bertz CT molecular complexity index is 667. The molecule has 25 heavy (non-hydrogen) atoms. The van der Waals surface area contributed by atoms with Crippen LogP contribution < -0.4 is 10.2 Å². The van der Waals surface area contributed by atoms with Gasteiger partial charge in [-0.2, -0.15) is 0 Å². The number of nitrogens with zero attached hydrogens (tertiary/aromatic N) is 2. The van der Waals surface area contributed by atoms with Crippen molar-refractivity contribution in [2.45, 2.75) is 13.0 Å². The van der Waals surface area contributed by atoms with Crippen LogP contribution in [0.4, 0.5) is 10.1 Å². The molecular weight excluding hydrogens is 317 g/mol. The van der Waals surface area contributed by atoms with Gasteiger partial charge in [0.25, 0.3) is 0 Å². The normalized spacial score (nSPS) is 14.6.